The van der Waals surface area contributed by atoms with Crippen LogP contribution >= 0.6 is 0 Å². The molecule has 0 aliphatic rings. The molecule has 0 atom stereocenters. The highest BCUT2D eigenvalue weighted by atomic mass is 17.2. The van der Waals surface area contributed by atoms with Crippen molar-refractivity contribution in [2.45, 2.75) is 13.8 Å². The van der Waals surface area contributed by atoms with Crippen LogP contribution in [0.15, 0.2) is 66.7 Å². The quantitative estimate of drug-likeness (QED) is 0.255. The zero-order chi connectivity index (χ0) is 22.1. The molecule has 30 heavy (non-hydrogen) atoms. The van der Waals surface area contributed by atoms with Crippen molar-refractivity contribution in [2.75, 3.05) is 0 Å². The number of hydrogen-bond acceptors (Lipinski definition) is 8. The Bertz CT molecular complexity index is 951. The Morgan fingerprint density at radius 1 is 0.700 bits per heavy atom. The molecule has 156 valence electrons. The lowest BCUT2D eigenvalue weighted by Crippen LogP contribution is -2.07. The zero-order valence-corrected chi connectivity index (χ0v) is 16.2. The average molecular weight is 412 g/mol. The molecule has 0 aliphatic carbocycles. The maximum Gasteiger partial charge on any atom is 0.352 e. The molecule has 3 N–H and O–H groups in total. The summed E-state index contributed by atoms with van der Waals surface area (Å²) < 4.78 is 4.70. The van der Waals surface area contributed by atoms with E-state index in [1.54, 1.807) is 24.3 Å². The molecule has 8 heteroatoms. The van der Waals surface area contributed by atoms with Crippen molar-refractivity contribution < 1.29 is 39.4 Å². The Balaban J connectivity index is 0.000000215. The van der Waals surface area contributed by atoms with Gasteiger partial charge in [-0.1, -0.05) is 30.3 Å². The molecule has 0 radical (unpaired) electrons. The lowest BCUT2D eigenvalue weighted by atomic mass is 10.1. The molecule has 3 aromatic rings. The Morgan fingerprint density at radius 3 is 1.63 bits per heavy atom. The summed E-state index contributed by atoms with van der Waals surface area (Å²) >= 11 is 0. The molecule has 0 bridgehead atoms. The van der Waals surface area contributed by atoms with Crippen molar-refractivity contribution >= 4 is 11.9 Å². The second-order valence-electron chi connectivity index (χ2n) is 5.95. The third kappa shape index (κ3) is 6.75. The van der Waals surface area contributed by atoms with Gasteiger partial charge >= 0.3 is 11.9 Å². The Kier molecular flexibility index (Phi) is 7.64. The van der Waals surface area contributed by atoms with Crippen LogP contribution in [0.25, 0.3) is 11.1 Å². The molecular weight excluding hydrogens is 392 g/mol. The third-order valence-electron chi connectivity index (χ3n) is 3.52. The summed E-state index contributed by atoms with van der Waals surface area (Å²) in [4.78, 5) is 30.1. The van der Waals surface area contributed by atoms with Crippen molar-refractivity contribution in [3.05, 3.63) is 66.7 Å². The predicted molar refractivity (Wildman–Crippen MR) is 107 cm³/mol. The van der Waals surface area contributed by atoms with Crippen LogP contribution in [0.5, 0.6) is 28.7 Å². The van der Waals surface area contributed by atoms with Gasteiger partial charge in [0.05, 0.1) is 0 Å². The van der Waals surface area contributed by atoms with Gasteiger partial charge in [0.25, 0.3) is 0 Å². The van der Waals surface area contributed by atoms with Gasteiger partial charge in [0.2, 0.25) is 11.5 Å². The van der Waals surface area contributed by atoms with Crippen LogP contribution in [-0.2, 0) is 14.5 Å². The Labute approximate surface area is 172 Å². The number of aromatic hydroxyl groups is 3. The van der Waals surface area contributed by atoms with Gasteiger partial charge in [-0.15, -0.1) is 0 Å². The second kappa shape index (κ2) is 10.4. The van der Waals surface area contributed by atoms with Crippen molar-refractivity contribution in [2.24, 2.45) is 0 Å². The van der Waals surface area contributed by atoms with Gasteiger partial charge in [0.1, 0.15) is 11.5 Å². The maximum absolute atomic E-state index is 10.8. The van der Waals surface area contributed by atoms with Gasteiger partial charge in [-0.3, -0.25) is 14.6 Å². The number of hydrogen-bond donors (Lipinski definition) is 3. The minimum atomic E-state index is -0.669. The molecule has 0 unspecified atom stereocenters. The monoisotopic (exact) mass is 412 g/mol. The van der Waals surface area contributed by atoms with Gasteiger partial charge in [-0.25, -0.2) is 4.79 Å². The van der Waals surface area contributed by atoms with Gasteiger partial charge in [-0.2, -0.15) is 0 Å². The number of esters is 1. The first-order valence-corrected chi connectivity index (χ1v) is 8.70. The van der Waals surface area contributed by atoms with Gasteiger partial charge in [-0.05, 0) is 47.5 Å². The third-order valence-corrected chi connectivity index (χ3v) is 3.52. The number of phenols is 3. The normalized spacial score (nSPS) is 9.67. The molecule has 0 amide bonds. The SMILES string of the molecule is CC(=O)OOc1cccc(O)c1OC(C)=O.Oc1ccc(-c2ccc(O)cc2)cc1. The lowest BCUT2D eigenvalue weighted by Gasteiger charge is -2.09. The van der Waals surface area contributed by atoms with Crippen LogP contribution in [0, 0.1) is 0 Å². The lowest BCUT2D eigenvalue weighted by molar-refractivity contribution is -0.211. The number of benzene rings is 3. The van der Waals surface area contributed by atoms with E-state index >= 15 is 0 Å². The first kappa shape index (κ1) is 22.1. The minimum Gasteiger partial charge on any atom is -0.508 e. The standard InChI is InChI=1S/C12H10O2.C10H10O6/c13-11-5-1-9(2-6-11)10-3-7-12(14)8-4-10;1-6(11)14-10-8(13)4-3-5-9(10)16-15-7(2)12/h1-8,13-14H;3-5,13H,1-2H3. The number of ether oxygens (including phenoxy) is 1. The molecule has 0 saturated carbocycles. The van der Waals surface area contributed by atoms with Crippen LogP contribution in [-0.4, -0.2) is 27.3 Å². The van der Waals surface area contributed by atoms with Crippen LogP contribution in [0.1, 0.15) is 13.8 Å². The largest absolute Gasteiger partial charge is 0.508 e. The van der Waals surface area contributed by atoms with Crippen LogP contribution in [0.4, 0.5) is 0 Å². The van der Waals surface area contributed by atoms with E-state index in [1.165, 1.54) is 25.1 Å². The molecule has 0 heterocycles. The summed E-state index contributed by atoms with van der Waals surface area (Å²) in [5, 5.41) is 27.6. The molecule has 8 nitrogen and oxygen atoms in total. The van der Waals surface area contributed by atoms with Gasteiger partial charge in [0.15, 0.2) is 5.75 Å². The highest BCUT2D eigenvalue weighted by molar-refractivity contribution is 5.72. The Hall–Kier alpha value is -4.20. The van der Waals surface area contributed by atoms with Crippen LogP contribution in [0.3, 0.4) is 0 Å². The number of phenolic OH excluding ortho intramolecular Hbond substituents is 3. The van der Waals surface area contributed by atoms with Crippen molar-refractivity contribution in [1.29, 1.82) is 0 Å². The summed E-state index contributed by atoms with van der Waals surface area (Å²) in [5.41, 5.74) is 2.03. The van der Waals surface area contributed by atoms with E-state index in [-0.39, 0.29) is 28.7 Å². The van der Waals surface area contributed by atoms with Crippen molar-refractivity contribution in [1.82, 2.24) is 0 Å². The summed E-state index contributed by atoms with van der Waals surface area (Å²) in [6.45, 7) is 2.32. The second-order valence-corrected chi connectivity index (χ2v) is 5.95. The fourth-order valence-corrected chi connectivity index (χ4v) is 2.23. The summed E-state index contributed by atoms with van der Waals surface area (Å²) in [6.07, 6.45) is 0. The molecule has 0 aromatic heterocycles. The topological polar surface area (TPSA) is 123 Å². The predicted octanol–water partition coefficient (Wildman–Crippen LogP) is 3.94. The fourth-order valence-electron chi connectivity index (χ4n) is 2.23. The first-order chi connectivity index (χ1) is 14.3. The maximum atomic E-state index is 10.8. The molecule has 3 rings (SSSR count). The number of rotatable bonds is 4. The van der Waals surface area contributed by atoms with E-state index in [2.05, 4.69) is 9.78 Å². The molecule has 0 saturated heterocycles. The highest BCUT2D eigenvalue weighted by Crippen LogP contribution is 2.36. The van der Waals surface area contributed by atoms with E-state index in [9.17, 15) is 14.7 Å². The van der Waals surface area contributed by atoms with Crippen LogP contribution in [0.2, 0.25) is 0 Å². The van der Waals surface area contributed by atoms with Gasteiger partial charge < -0.3 is 20.1 Å². The summed E-state index contributed by atoms with van der Waals surface area (Å²) in [5.74, 6) is -1.34. The summed E-state index contributed by atoms with van der Waals surface area (Å²) in [6, 6.07) is 18.0. The van der Waals surface area contributed by atoms with E-state index in [0.29, 0.717) is 0 Å². The average Bonchev–Trinajstić information content (AvgIpc) is 2.70. The first-order valence-electron chi connectivity index (χ1n) is 8.70. The smallest absolute Gasteiger partial charge is 0.352 e. The van der Waals surface area contributed by atoms with E-state index in [4.69, 9.17) is 14.9 Å². The Morgan fingerprint density at radius 2 is 1.20 bits per heavy atom. The van der Waals surface area contributed by atoms with Crippen LogP contribution < -0.4 is 9.62 Å². The molecule has 0 fully saturated rings. The molecular formula is C22H20O8. The molecule has 0 spiro atoms. The van der Waals surface area contributed by atoms with E-state index in [1.807, 2.05) is 24.3 Å². The van der Waals surface area contributed by atoms with Crippen molar-refractivity contribution in [3.63, 3.8) is 0 Å². The fraction of sp³-hybridized carbons (Fsp3) is 0.0909. The van der Waals surface area contributed by atoms with E-state index < -0.39 is 11.9 Å². The number of carbonyl (C=O) groups excluding carboxylic acids is 2. The van der Waals surface area contributed by atoms with Crippen molar-refractivity contribution in [3.8, 4) is 39.9 Å². The number of para-hydroxylation sites is 1. The van der Waals surface area contributed by atoms with Gasteiger partial charge in [0, 0.05) is 13.8 Å². The summed E-state index contributed by atoms with van der Waals surface area (Å²) in [7, 11) is 0. The number of carbonyl (C=O) groups is 2. The highest BCUT2D eigenvalue weighted by Gasteiger charge is 2.14. The molecule has 3 aromatic carbocycles. The molecule has 0 aliphatic heterocycles. The minimum absolute atomic E-state index is 0.0644. The van der Waals surface area contributed by atoms with E-state index in [0.717, 1.165) is 18.1 Å². The zero-order valence-electron chi connectivity index (χ0n) is 16.2.